The summed E-state index contributed by atoms with van der Waals surface area (Å²) in [6.45, 7) is 2.45. The van der Waals surface area contributed by atoms with Gasteiger partial charge in [0.1, 0.15) is 11.5 Å². The summed E-state index contributed by atoms with van der Waals surface area (Å²) < 4.78 is 15.7. The van der Waals surface area contributed by atoms with Gasteiger partial charge in [-0.25, -0.2) is 4.79 Å². The van der Waals surface area contributed by atoms with Crippen molar-refractivity contribution in [3.63, 3.8) is 0 Å². The molecule has 0 aliphatic carbocycles. The number of hydrogen-bond acceptors (Lipinski definition) is 6. The van der Waals surface area contributed by atoms with Crippen LogP contribution in [0.2, 0.25) is 0 Å². The fraction of sp³-hybridized carbons (Fsp3) is 0.650. The SMILES string of the molecule is CCCCCCCCCCOC1(O)c2ccc(OC)cc2OC(=O)C1O. The van der Waals surface area contributed by atoms with Gasteiger partial charge in [0.25, 0.3) is 0 Å². The lowest BCUT2D eigenvalue weighted by molar-refractivity contribution is -0.271. The zero-order valence-corrected chi connectivity index (χ0v) is 15.7. The molecule has 2 N–H and O–H groups in total. The summed E-state index contributed by atoms with van der Waals surface area (Å²) in [6, 6.07) is 4.65. The maximum atomic E-state index is 11.9. The van der Waals surface area contributed by atoms with Gasteiger partial charge in [-0.3, -0.25) is 0 Å². The summed E-state index contributed by atoms with van der Waals surface area (Å²) in [5.74, 6) is -2.42. The number of aliphatic hydroxyl groups is 2. The predicted molar refractivity (Wildman–Crippen MR) is 97.1 cm³/mol. The largest absolute Gasteiger partial charge is 0.497 e. The molecule has 26 heavy (non-hydrogen) atoms. The Morgan fingerprint density at radius 3 is 2.42 bits per heavy atom. The van der Waals surface area contributed by atoms with Gasteiger partial charge in [-0.2, -0.15) is 0 Å². The Balaban J connectivity index is 1.88. The molecular formula is C20H30O6. The summed E-state index contributed by atoms with van der Waals surface area (Å²) in [5.41, 5.74) is 0.227. The van der Waals surface area contributed by atoms with E-state index < -0.39 is 17.9 Å². The van der Waals surface area contributed by atoms with Crippen molar-refractivity contribution >= 4 is 5.97 Å². The zero-order chi connectivity index (χ0) is 19.0. The second-order valence-corrected chi connectivity index (χ2v) is 6.71. The number of ether oxygens (including phenoxy) is 3. The zero-order valence-electron chi connectivity index (χ0n) is 15.7. The van der Waals surface area contributed by atoms with Crippen LogP contribution in [0.3, 0.4) is 0 Å². The molecule has 1 aliphatic heterocycles. The van der Waals surface area contributed by atoms with E-state index in [-0.39, 0.29) is 17.9 Å². The molecule has 6 heteroatoms. The van der Waals surface area contributed by atoms with E-state index in [0.717, 1.165) is 19.3 Å². The number of aliphatic hydroxyl groups excluding tert-OH is 1. The number of unbranched alkanes of at least 4 members (excludes halogenated alkanes) is 7. The Bertz CT molecular complexity index is 588. The number of rotatable bonds is 11. The molecular weight excluding hydrogens is 336 g/mol. The van der Waals surface area contributed by atoms with Gasteiger partial charge < -0.3 is 24.4 Å². The average molecular weight is 366 g/mol. The van der Waals surface area contributed by atoms with Crippen molar-refractivity contribution in [3.05, 3.63) is 23.8 Å². The summed E-state index contributed by atoms with van der Waals surface area (Å²) in [5, 5.41) is 20.9. The van der Waals surface area contributed by atoms with E-state index in [9.17, 15) is 15.0 Å². The first-order valence-corrected chi connectivity index (χ1v) is 9.47. The third-order valence-electron chi connectivity index (χ3n) is 4.70. The van der Waals surface area contributed by atoms with Crippen molar-refractivity contribution < 1.29 is 29.2 Å². The highest BCUT2D eigenvalue weighted by atomic mass is 16.7. The maximum Gasteiger partial charge on any atom is 0.346 e. The third kappa shape index (κ3) is 4.96. The Morgan fingerprint density at radius 2 is 1.77 bits per heavy atom. The molecule has 0 saturated carbocycles. The number of benzene rings is 1. The van der Waals surface area contributed by atoms with Gasteiger partial charge in [-0.05, 0) is 18.6 Å². The first-order chi connectivity index (χ1) is 12.5. The molecule has 0 fully saturated rings. The molecule has 2 rings (SSSR count). The van der Waals surface area contributed by atoms with Gasteiger partial charge in [0.05, 0.1) is 19.3 Å². The summed E-state index contributed by atoms with van der Waals surface area (Å²) >= 11 is 0. The lowest BCUT2D eigenvalue weighted by Gasteiger charge is -2.36. The van der Waals surface area contributed by atoms with E-state index in [0.29, 0.717) is 5.75 Å². The standard InChI is InChI=1S/C20H30O6/c1-3-4-5-6-7-8-9-10-13-25-20(23)16-12-11-15(24-2)14-17(16)26-19(22)18(20)21/h11-12,14,18,21,23H,3-10,13H2,1-2H3. The van der Waals surface area contributed by atoms with Crippen LogP contribution in [0.4, 0.5) is 0 Å². The van der Waals surface area contributed by atoms with Crippen LogP contribution in [-0.2, 0) is 15.3 Å². The Labute approximate surface area is 155 Å². The van der Waals surface area contributed by atoms with Crippen LogP contribution in [-0.4, -0.2) is 36.0 Å². The van der Waals surface area contributed by atoms with Crippen LogP contribution >= 0.6 is 0 Å². The van der Waals surface area contributed by atoms with E-state index in [1.165, 1.54) is 51.3 Å². The molecule has 0 bridgehead atoms. The smallest absolute Gasteiger partial charge is 0.346 e. The van der Waals surface area contributed by atoms with E-state index in [1.807, 2.05) is 0 Å². The van der Waals surface area contributed by atoms with Crippen LogP contribution in [0.1, 0.15) is 63.9 Å². The molecule has 0 saturated heterocycles. The van der Waals surface area contributed by atoms with Crippen molar-refractivity contribution in [3.8, 4) is 11.5 Å². The van der Waals surface area contributed by atoms with Crippen molar-refractivity contribution in [2.45, 2.75) is 70.2 Å². The van der Waals surface area contributed by atoms with E-state index >= 15 is 0 Å². The quantitative estimate of drug-likeness (QED) is 0.271. The first-order valence-electron chi connectivity index (χ1n) is 9.47. The molecule has 0 aromatic heterocycles. The molecule has 0 spiro atoms. The van der Waals surface area contributed by atoms with E-state index in [2.05, 4.69) is 6.92 Å². The molecule has 2 unspecified atom stereocenters. The van der Waals surface area contributed by atoms with Crippen molar-refractivity contribution in [2.75, 3.05) is 13.7 Å². The number of fused-ring (bicyclic) bond motifs is 1. The number of carbonyl (C=O) groups is 1. The van der Waals surface area contributed by atoms with Crippen molar-refractivity contribution in [1.82, 2.24) is 0 Å². The molecule has 146 valence electrons. The summed E-state index contributed by atoms with van der Waals surface area (Å²) in [4.78, 5) is 11.9. The predicted octanol–water partition coefficient (Wildman–Crippen LogP) is 3.28. The number of carbonyl (C=O) groups excluding carboxylic acids is 1. The molecule has 0 radical (unpaired) electrons. The van der Waals surface area contributed by atoms with E-state index in [1.54, 1.807) is 6.07 Å². The van der Waals surface area contributed by atoms with Crippen LogP contribution < -0.4 is 9.47 Å². The molecule has 2 atom stereocenters. The number of esters is 1. The summed E-state index contributed by atoms with van der Waals surface area (Å²) in [7, 11) is 1.49. The first kappa shape index (κ1) is 20.7. The number of methoxy groups -OCH3 is 1. The minimum Gasteiger partial charge on any atom is -0.497 e. The highest BCUT2D eigenvalue weighted by molar-refractivity contribution is 5.81. The second kappa shape index (κ2) is 9.90. The summed E-state index contributed by atoms with van der Waals surface area (Å²) in [6.07, 6.45) is 7.32. The van der Waals surface area contributed by atoms with Gasteiger partial charge in [0.2, 0.25) is 11.9 Å². The Hall–Kier alpha value is -1.63. The second-order valence-electron chi connectivity index (χ2n) is 6.71. The van der Waals surface area contributed by atoms with Crippen LogP contribution in [0.15, 0.2) is 18.2 Å². The van der Waals surface area contributed by atoms with Gasteiger partial charge in [0.15, 0.2) is 0 Å². The van der Waals surface area contributed by atoms with Gasteiger partial charge >= 0.3 is 5.97 Å². The number of hydrogen-bond donors (Lipinski definition) is 2. The average Bonchev–Trinajstić information content (AvgIpc) is 2.64. The maximum absolute atomic E-state index is 11.9. The minimum atomic E-state index is -2.10. The Kier molecular flexibility index (Phi) is 7.87. The monoisotopic (exact) mass is 366 g/mol. The van der Waals surface area contributed by atoms with Crippen molar-refractivity contribution in [1.29, 1.82) is 0 Å². The lowest BCUT2D eigenvalue weighted by atomic mass is 9.96. The normalized spacial score (nSPS) is 22.0. The molecule has 1 aromatic rings. The van der Waals surface area contributed by atoms with Crippen LogP contribution in [0, 0.1) is 0 Å². The minimum absolute atomic E-state index is 0.137. The fourth-order valence-corrected chi connectivity index (χ4v) is 3.10. The van der Waals surface area contributed by atoms with Crippen molar-refractivity contribution in [2.24, 2.45) is 0 Å². The highest BCUT2D eigenvalue weighted by Gasteiger charge is 2.50. The van der Waals surface area contributed by atoms with Gasteiger partial charge in [-0.1, -0.05) is 51.9 Å². The fourth-order valence-electron chi connectivity index (χ4n) is 3.10. The highest BCUT2D eigenvalue weighted by Crippen LogP contribution is 2.40. The van der Waals surface area contributed by atoms with Crippen LogP contribution in [0.5, 0.6) is 11.5 Å². The molecule has 0 amide bonds. The lowest BCUT2D eigenvalue weighted by Crippen LogP contribution is -2.51. The van der Waals surface area contributed by atoms with Gasteiger partial charge in [0, 0.05) is 6.07 Å². The molecule has 1 heterocycles. The van der Waals surface area contributed by atoms with Gasteiger partial charge in [-0.15, -0.1) is 0 Å². The Morgan fingerprint density at radius 1 is 1.12 bits per heavy atom. The van der Waals surface area contributed by atoms with E-state index in [4.69, 9.17) is 14.2 Å². The molecule has 1 aliphatic rings. The molecule has 1 aromatic carbocycles. The third-order valence-corrected chi connectivity index (χ3v) is 4.70. The molecule has 6 nitrogen and oxygen atoms in total. The van der Waals surface area contributed by atoms with Crippen LogP contribution in [0.25, 0.3) is 0 Å². The topological polar surface area (TPSA) is 85.2 Å².